The maximum atomic E-state index is 5.70. The molecule has 0 rings (SSSR count). The quantitative estimate of drug-likeness (QED) is 0.163. The van der Waals surface area contributed by atoms with Gasteiger partial charge in [-0.1, -0.05) is 6.92 Å². The van der Waals surface area contributed by atoms with E-state index in [4.69, 9.17) is 28.4 Å². The predicted octanol–water partition coefficient (Wildman–Crippen LogP) is -1.79. The van der Waals surface area contributed by atoms with Crippen LogP contribution >= 0.6 is 0 Å². The lowest BCUT2D eigenvalue weighted by molar-refractivity contribution is -0.929. The minimum atomic E-state index is 0. The van der Waals surface area contributed by atoms with E-state index in [1.54, 1.807) is 21.3 Å². The lowest BCUT2D eigenvalue weighted by atomic mass is 10.2. The van der Waals surface area contributed by atoms with Crippen molar-refractivity contribution in [1.29, 1.82) is 0 Å². The first kappa shape index (κ1) is 28.4. The third-order valence-corrected chi connectivity index (χ3v) is 4.12. The summed E-state index contributed by atoms with van der Waals surface area (Å²) in [6.07, 6.45) is 1.12. The molecule has 26 heavy (non-hydrogen) atoms. The van der Waals surface area contributed by atoms with Gasteiger partial charge in [0.2, 0.25) is 0 Å². The minimum Gasteiger partial charge on any atom is -1.00 e. The summed E-state index contributed by atoms with van der Waals surface area (Å²) in [5, 5.41) is 0. The number of rotatable bonds is 20. The van der Waals surface area contributed by atoms with Crippen molar-refractivity contribution in [2.45, 2.75) is 13.3 Å². The van der Waals surface area contributed by atoms with Crippen molar-refractivity contribution in [2.24, 2.45) is 0 Å². The Labute approximate surface area is 170 Å². The van der Waals surface area contributed by atoms with Crippen LogP contribution in [-0.4, -0.2) is 111 Å². The van der Waals surface area contributed by atoms with E-state index in [9.17, 15) is 0 Å². The van der Waals surface area contributed by atoms with Crippen molar-refractivity contribution >= 4 is 0 Å². The summed E-state index contributed by atoms with van der Waals surface area (Å²) in [5.41, 5.74) is 0. The van der Waals surface area contributed by atoms with Gasteiger partial charge >= 0.3 is 0 Å². The molecule has 0 bridgehead atoms. The van der Waals surface area contributed by atoms with Crippen LogP contribution in [0.25, 0.3) is 0 Å². The summed E-state index contributed by atoms with van der Waals surface area (Å²) in [5.74, 6) is 0. The van der Waals surface area contributed by atoms with Crippen LogP contribution in [0.15, 0.2) is 0 Å². The Morgan fingerprint density at radius 1 is 0.500 bits per heavy atom. The largest absolute Gasteiger partial charge is 1.00 e. The second kappa shape index (κ2) is 21.5. The Balaban J connectivity index is 0. The highest BCUT2D eigenvalue weighted by molar-refractivity contribution is 4.48. The zero-order valence-electron chi connectivity index (χ0n) is 17.2. The van der Waals surface area contributed by atoms with Gasteiger partial charge in [0.05, 0.1) is 66.0 Å². The molecule has 160 valence electrons. The van der Waals surface area contributed by atoms with Gasteiger partial charge in [0.1, 0.15) is 19.6 Å². The molecule has 0 aromatic heterocycles. The van der Waals surface area contributed by atoms with Crippen molar-refractivity contribution in [2.75, 3.05) is 107 Å². The molecule has 0 unspecified atom stereocenters. The Hall–Kier alpha value is 0.200. The summed E-state index contributed by atoms with van der Waals surface area (Å²) in [6, 6.07) is 0. The van der Waals surface area contributed by atoms with Crippen LogP contribution in [0.5, 0.6) is 0 Å². The minimum absolute atomic E-state index is 0. The maximum Gasteiger partial charge on any atom is 0.103 e. The van der Waals surface area contributed by atoms with Crippen molar-refractivity contribution in [3.05, 3.63) is 0 Å². The van der Waals surface area contributed by atoms with Gasteiger partial charge in [0.15, 0.2) is 0 Å². The van der Waals surface area contributed by atoms with Crippen molar-refractivity contribution < 1.29 is 49.9 Å². The van der Waals surface area contributed by atoms with Gasteiger partial charge in [-0.25, -0.2) is 0 Å². The first-order chi connectivity index (χ1) is 12.2. The molecule has 0 aliphatic rings. The zero-order valence-corrected chi connectivity index (χ0v) is 18.8. The van der Waals surface area contributed by atoms with E-state index in [1.807, 2.05) is 0 Å². The molecule has 8 heteroatoms. The van der Waals surface area contributed by atoms with Crippen LogP contribution in [0.1, 0.15) is 13.3 Å². The molecule has 0 saturated carbocycles. The van der Waals surface area contributed by atoms with Crippen LogP contribution in [0.4, 0.5) is 0 Å². The normalized spacial score (nSPS) is 11.5. The highest BCUT2D eigenvalue weighted by Gasteiger charge is 2.26. The Morgan fingerprint density at radius 2 is 0.846 bits per heavy atom. The van der Waals surface area contributed by atoms with Gasteiger partial charge in [-0.05, 0) is 6.42 Å². The van der Waals surface area contributed by atoms with Gasteiger partial charge in [-0.3, -0.25) is 0 Å². The molecule has 0 atom stereocenters. The molecule has 0 saturated heterocycles. The highest BCUT2D eigenvalue weighted by atomic mass is 79.9. The molecule has 0 heterocycles. The fraction of sp³-hybridized carbons (Fsp3) is 1.00. The zero-order chi connectivity index (χ0) is 18.6. The summed E-state index contributed by atoms with van der Waals surface area (Å²) in [6.45, 7) is 12.2. The molecule has 0 spiro atoms. The maximum absolute atomic E-state index is 5.70. The predicted molar refractivity (Wildman–Crippen MR) is 98.1 cm³/mol. The average Bonchev–Trinajstić information content (AvgIpc) is 2.61. The second-order valence-electron chi connectivity index (χ2n) is 6.05. The van der Waals surface area contributed by atoms with Crippen molar-refractivity contribution in [3.8, 4) is 0 Å². The van der Waals surface area contributed by atoms with Gasteiger partial charge in [-0.2, -0.15) is 0 Å². The van der Waals surface area contributed by atoms with Gasteiger partial charge in [0.25, 0.3) is 0 Å². The number of hydrogen-bond acceptors (Lipinski definition) is 6. The topological polar surface area (TPSA) is 55.4 Å². The van der Waals surface area contributed by atoms with Gasteiger partial charge in [-0.15, -0.1) is 0 Å². The third-order valence-electron chi connectivity index (χ3n) is 4.12. The molecule has 0 amide bonds. The lowest BCUT2D eigenvalue weighted by Crippen LogP contribution is -3.00. The smallest absolute Gasteiger partial charge is 0.103 e. The number of quaternary nitrogens is 1. The van der Waals surface area contributed by atoms with Gasteiger partial charge in [0, 0.05) is 21.3 Å². The Morgan fingerprint density at radius 3 is 1.12 bits per heavy atom. The van der Waals surface area contributed by atoms with Crippen LogP contribution in [0, 0.1) is 0 Å². The molecular formula is C18H40BrNO6. The first-order valence-electron chi connectivity index (χ1n) is 9.29. The Bertz CT molecular complexity index is 238. The van der Waals surface area contributed by atoms with E-state index in [0.29, 0.717) is 39.6 Å². The molecule has 0 aliphatic heterocycles. The standard InChI is InChI=1S/C18H40NO6.BrH/c1-5-6-19(7-10-23-16-13-20-2,8-11-24-17-14-21-3)9-12-25-18-15-22-4;/h5-18H2,1-4H3;1H/q+1;/p-1. The van der Waals surface area contributed by atoms with Crippen LogP contribution in [0.3, 0.4) is 0 Å². The number of methoxy groups -OCH3 is 3. The fourth-order valence-electron chi connectivity index (χ4n) is 2.65. The number of ether oxygens (including phenoxy) is 6. The fourth-order valence-corrected chi connectivity index (χ4v) is 2.65. The average molecular weight is 446 g/mol. The summed E-state index contributed by atoms with van der Waals surface area (Å²) in [7, 11) is 5.07. The number of nitrogens with zero attached hydrogens (tertiary/aromatic N) is 1. The molecular weight excluding hydrogens is 406 g/mol. The van der Waals surface area contributed by atoms with Crippen molar-refractivity contribution in [1.82, 2.24) is 0 Å². The summed E-state index contributed by atoms with van der Waals surface area (Å²) >= 11 is 0. The molecule has 0 aromatic carbocycles. The second-order valence-corrected chi connectivity index (χ2v) is 6.05. The van der Waals surface area contributed by atoms with Crippen molar-refractivity contribution in [3.63, 3.8) is 0 Å². The SMILES string of the molecule is CCC[N+](CCOCCOC)(CCOCCOC)CCOCCOC.[Br-]. The Kier molecular flexibility index (Phi) is 23.5. The summed E-state index contributed by atoms with van der Waals surface area (Å²) < 4.78 is 33.2. The third kappa shape index (κ3) is 16.4. The first-order valence-corrected chi connectivity index (χ1v) is 9.29. The molecule has 0 fully saturated rings. The van der Waals surface area contributed by atoms with E-state index >= 15 is 0 Å². The monoisotopic (exact) mass is 445 g/mol. The summed E-state index contributed by atoms with van der Waals surface area (Å²) in [4.78, 5) is 0. The van der Waals surface area contributed by atoms with E-state index < -0.39 is 0 Å². The van der Waals surface area contributed by atoms with Crippen LogP contribution in [0.2, 0.25) is 0 Å². The number of halogens is 1. The van der Waals surface area contributed by atoms with E-state index in [0.717, 1.165) is 56.9 Å². The molecule has 0 aromatic rings. The molecule has 0 N–H and O–H groups in total. The van der Waals surface area contributed by atoms with Crippen LogP contribution < -0.4 is 17.0 Å². The number of hydrogen-bond donors (Lipinski definition) is 0. The lowest BCUT2D eigenvalue weighted by Gasteiger charge is -2.38. The van der Waals surface area contributed by atoms with E-state index in [-0.39, 0.29) is 17.0 Å². The molecule has 7 nitrogen and oxygen atoms in total. The van der Waals surface area contributed by atoms with E-state index in [1.165, 1.54) is 0 Å². The van der Waals surface area contributed by atoms with Crippen LogP contribution in [-0.2, 0) is 28.4 Å². The van der Waals surface area contributed by atoms with E-state index in [2.05, 4.69) is 6.92 Å². The molecule has 0 aliphatic carbocycles. The highest BCUT2D eigenvalue weighted by Crippen LogP contribution is 2.09. The molecule has 0 radical (unpaired) electrons. The van der Waals surface area contributed by atoms with Gasteiger partial charge < -0.3 is 49.9 Å².